The first-order valence-electron chi connectivity index (χ1n) is 5.91. The molecular formula is C14H12FNO4. The Kier molecular flexibility index (Phi) is 4.14. The number of aromatic carboxylic acids is 1. The molecule has 0 saturated carbocycles. The molecule has 1 amide bonds. The molecule has 0 fully saturated rings. The van der Waals surface area contributed by atoms with E-state index in [9.17, 15) is 14.0 Å². The molecule has 0 radical (unpaired) electrons. The van der Waals surface area contributed by atoms with Gasteiger partial charge in [0.15, 0.2) is 5.76 Å². The van der Waals surface area contributed by atoms with Crippen LogP contribution >= 0.6 is 0 Å². The summed E-state index contributed by atoms with van der Waals surface area (Å²) >= 11 is 0. The normalized spacial score (nSPS) is 10.2. The van der Waals surface area contributed by atoms with Crippen LogP contribution in [-0.4, -0.2) is 23.5 Å². The number of hydrogen-bond acceptors (Lipinski definition) is 3. The van der Waals surface area contributed by atoms with E-state index in [2.05, 4.69) is 5.32 Å². The quantitative estimate of drug-likeness (QED) is 0.877. The second-order valence-electron chi connectivity index (χ2n) is 4.14. The summed E-state index contributed by atoms with van der Waals surface area (Å²) in [6.45, 7) is 0.341. The molecule has 0 bridgehead atoms. The molecule has 0 unspecified atom stereocenters. The summed E-state index contributed by atoms with van der Waals surface area (Å²) in [6.07, 6.45) is 1.55. The Morgan fingerprint density at radius 1 is 1.25 bits per heavy atom. The van der Waals surface area contributed by atoms with Gasteiger partial charge in [-0.15, -0.1) is 0 Å². The number of hydrogen-bond donors (Lipinski definition) is 2. The van der Waals surface area contributed by atoms with Crippen molar-refractivity contribution < 1.29 is 23.5 Å². The summed E-state index contributed by atoms with van der Waals surface area (Å²) in [6, 6.07) is 7.13. The SMILES string of the molecule is O=C(O)c1coc(C(=O)NCCc2ccc(F)cc2)c1. The van der Waals surface area contributed by atoms with Gasteiger partial charge >= 0.3 is 5.97 Å². The first-order valence-corrected chi connectivity index (χ1v) is 5.91. The summed E-state index contributed by atoms with van der Waals surface area (Å²) < 4.78 is 17.6. The second kappa shape index (κ2) is 6.01. The molecule has 1 aromatic heterocycles. The summed E-state index contributed by atoms with van der Waals surface area (Å²) in [4.78, 5) is 22.3. The zero-order chi connectivity index (χ0) is 14.5. The van der Waals surface area contributed by atoms with Crippen molar-refractivity contribution in [3.8, 4) is 0 Å². The van der Waals surface area contributed by atoms with E-state index in [0.29, 0.717) is 13.0 Å². The van der Waals surface area contributed by atoms with Gasteiger partial charge in [0, 0.05) is 12.6 Å². The minimum absolute atomic E-state index is 0.0542. The van der Waals surface area contributed by atoms with E-state index in [1.165, 1.54) is 12.1 Å². The van der Waals surface area contributed by atoms with Crippen molar-refractivity contribution in [3.63, 3.8) is 0 Å². The van der Waals surface area contributed by atoms with E-state index in [4.69, 9.17) is 9.52 Å². The van der Waals surface area contributed by atoms with Crippen molar-refractivity contribution in [2.45, 2.75) is 6.42 Å². The maximum Gasteiger partial charge on any atom is 0.338 e. The minimum Gasteiger partial charge on any atom is -0.478 e. The van der Waals surface area contributed by atoms with Gasteiger partial charge in [-0.3, -0.25) is 4.79 Å². The van der Waals surface area contributed by atoms with Crippen LogP contribution in [0.4, 0.5) is 4.39 Å². The zero-order valence-electron chi connectivity index (χ0n) is 10.4. The molecule has 0 atom stereocenters. The number of amides is 1. The third kappa shape index (κ3) is 3.44. The van der Waals surface area contributed by atoms with E-state index < -0.39 is 11.9 Å². The molecule has 104 valence electrons. The summed E-state index contributed by atoms with van der Waals surface area (Å²) in [5.74, 6) is -2.00. The Morgan fingerprint density at radius 3 is 2.55 bits per heavy atom. The summed E-state index contributed by atoms with van der Waals surface area (Å²) in [5.41, 5.74) is 0.811. The highest BCUT2D eigenvalue weighted by molar-refractivity contribution is 5.95. The number of carboxylic acids is 1. The monoisotopic (exact) mass is 277 g/mol. The first kappa shape index (κ1) is 13.8. The fourth-order valence-electron chi connectivity index (χ4n) is 1.63. The lowest BCUT2D eigenvalue weighted by atomic mass is 10.1. The van der Waals surface area contributed by atoms with Gasteiger partial charge in [-0.05, 0) is 24.1 Å². The van der Waals surface area contributed by atoms with Crippen molar-refractivity contribution in [1.82, 2.24) is 5.32 Å². The molecule has 2 N–H and O–H groups in total. The smallest absolute Gasteiger partial charge is 0.338 e. The highest BCUT2D eigenvalue weighted by atomic mass is 19.1. The van der Waals surface area contributed by atoms with Crippen molar-refractivity contribution in [1.29, 1.82) is 0 Å². The average molecular weight is 277 g/mol. The zero-order valence-corrected chi connectivity index (χ0v) is 10.4. The van der Waals surface area contributed by atoms with Crippen molar-refractivity contribution in [2.75, 3.05) is 6.54 Å². The van der Waals surface area contributed by atoms with E-state index >= 15 is 0 Å². The molecule has 1 aromatic carbocycles. The molecule has 0 saturated heterocycles. The molecule has 5 nitrogen and oxygen atoms in total. The van der Waals surface area contributed by atoms with Crippen molar-refractivity contribution in [2.24, 2.45) is 0 Å². The van der Waals surface area contributed by atoms with Gasteiger partial charge in [0.25, 0.3) is 5.91 Å². The van der Waals surface area contributed by atoms with Crippen LogP contribution in [0.3, 0.4) is 0 Å². The van der Waals surface area contributed by atoms with Crippen LogP contribution in [0, 0.1) is 5.82 Å². The number of carbonyl (C=O) groups excluding carboxylic acids is 1. The van der Waals surface area contributed by atoms with Gasteiger partial charge in [-0.1, -0.05) is 12.1 Å². The molecular weight excluding hydrogens is 265 g/mol. The Bertz CT molecular complexity index is 618. The van der Waals surface area contributed by atoms with Gasteiger partial charge in [0.05, 0.1) is 5.56 Å². The van der Waals surface area contributed by atoms with Gasteiger partial charge in [0.1, 0.15) is 12.1 Å². The predicted octanol–water partition coefficient (Wildman–Crippen LogP) is 2.09. The van der Waals surface area contributed by atoms with E-state index in [-0.39, 0.29) is 17.1 Å². The topological polar surface area (TPSA) is 79.5 Å². The highest BCUT2D eigenvalue weighted by Gasteiger charge is 2.13. The number of carboxylic acid groups (broad SMARTS) is 1. The average Bonchev–Trinajstić information content (AvgIpc) is 2.91. The molecule has 2 aromatic rings. The molecule has 20 heavy (non-hydrogen) atoms. The van der Waals surface area contributed by atoms with Crippen LogP contribution in [-0.2, 0) is 6.42 Å². The maximum atomic E-state index is 12.7. The van der Waals surface area contributed by atoms with Crippen LogP contribution in [0.1, 0.15) is 26.5 Å². The van der Waals surface area contributed by atoms with Gasteiger partial charge in [-0.25, -0.2) is 9.18 Å². The minimum atomic E-state index is -1.15. The fraction of sp³-hybridized carbons (Fsp3) is 0.143. The molecule has 0 aliphatic heterocycles. The van der Waals surface area contributed by atoms with E-state index in [1.54, 1.807) is 12.1 Å². The number of carbonyl (C=O) groups is 2. The number of nitrogens with one attached hydrogen (secondary N) is 1. The number of rotatable bonds is 5. The molecule has 0 spiro atoms. The third-order valence-electron chi connectivity index (χ3n) is 2.68. The number of halogens is 1. The molecule has 1 heterocycles. The van der Waals surface area contributed by atoms with Gasteiger partial charge in [0.2, 0.25) is 0 Å². The van der Waals surface area contributed by atoms with E-state index in [0.717, 1.165) is 17.9 Å². The van der Waals surface area contributed by atoms with Gasteiger partial charge in [-0.2, -0.15) is 0 Å². The van der Waals surface area contributed by atoms with Crippen LogP contribution < -0.4 is 5.32 Å². The molecule has 6 heteroatoms. The Balaban J connectivity index is 1.85. The molecule has 0 aliphatic rings. The van der Waals surface area contributed by atoms with E-state index in [1.807, 2.05) is 0 Å². The van der Waals surface area contributed by atoms with Crippen molar-refractivity contribution in [3.05, 3.63) is 59.3 Å². The Labute approximate surface area is 114 Å². The summed E-state index contributed by atoms with van der Waals surface area (Å²) in [7, 11) is 0. The third-order valence-corrected chi connectivity index (χ3v) is 2.68. The standard InChI is InChI=1S/C14H12FNO4/c15-11-3-1-9(2-4-11)5-6-16-13(17)12-7-10(8-20-12)14(18)19/h1-4,7-8H,5-6H2,(H,16,17)(H,18,19). The Hall–Kier alpha value is -2.63. The number of furan rings is 1. The fourth-order valence-corrected chi connectivity index (χ4v) is 1.63. The lowest BCUT2D eigenvalue weighted by molar-refractivity contribution is 0.0696. The van der Waals surface area contributed by atoms with Crippen LogP contribution in [0.5, 0.6) is 0 Å². The van der Waals surface area contributed by atoms with Gasteiger partial charge < -0.3 is 14.8 Å². The van der Waals surface area contributed by atoms with Crippen molar-refractivity contribution >= 4 is 11.9 Å². The van der Waals surface area contributed by atoms with Crippen LogP contribution in [0.15, 0.2) is 41.0 Å². The number of benzene rings is 1. The largest absolute Gasteiger partial charge is 0.478 e. The summed E-state index contributed by atoms with van der Waals surface area (Å²) in [5, 5.41) is 11.3. The molecule has 2 rings (SSSR count). The lowest BCUT2D eigenvalue weighted by Crippen LogP contribution is -2.25. The Morgan fingerprint density at radius 2 is 1.95 bits per heavy atom. The molecule has 0 aliphatic carbocycles. The highest BCUT2D eigenvalue weighted by Crippen LogP contribution is 2.08. The lowest BCUT2D eigenvalue weighted by Gasteiger charge is -2.03. The van der Waals surface area contributed by atoms with Crippen LogP contribution in [0.2, 0.25) is 0 Å². The first-order chi connectivity index (χ1) is 9.56. The second-order valence-corrected chi connectivity index (χ2v) is 4.14. The predicted molar refractivity (Wildman–Crippen MR) is 68.1 cm³/mol. The maximum absolute atomic E-state index is 12.7. The van der Waals surface area contributed by atoms with Crippen LogP contribution in [0.25, 0.3) is 0 Å².